The van der Waals surface area contributed by atoms with Gasteiger partial charge in [0.25, 0.3) is 5.91 Å². The zero-order valence-corrected chi connectivity index (χ0v) is 18.0. The Hall–Kier alpha value is -3.33. The van der Waals surface area contributed by atoms with Gasteiger partial charge in [0, 0.05) is 42.9 Å². The summed E-state index contributed by atoms with van der Waals surface area (Å²) < 4.78 is 7.36. The average Bonchev–Trinajstić information content (AvgIpc) is 3.21. The predicted octanol–water partition coefficient (Wildman–Crippen LogP) is 2.59. The quantitative estimate of drug-likeness (QED) is 0.461. The molecule has 0 saturated heterocycles. The average molecular weight is 425 g/mol. The molecule has 0 radical (unpaired) electrons. The van der Waals surface area contributed by atoms with Gasteiger partial charge in [0.1, 0.15) is 22.9 Å². The van der Waals surface area contributed by atoms with Crippen molar-refractivity contribution in [2.24, 2.45) is 5.41 Å². The first-order valence-electron chi connectivity index (χ1n) is 10.4. The number of aliphatic hydroxyl groups excluding tert-OH is 1. The van der Waals surface area contributed by atoms with E-state index in [0.717, 1.165) is 36.4 Å². The molecule has 0 unspecified atom stereocenters. The molecule has 0 saturated carbocycles. The number of rotatable bonds is 7. The number of nitrogens with one attached hydrogen (secondary N) is 3. The maximum absolute atomic E-state index is 12.8. The number of fused-ring (bicyclic) bond motifs is 2. The third-order valence-electron chi connectivity index (χ3n) is 5.35. The van der Waals surface area contributed by atoms with Crippen LogP contribution in [0.15, 0.2) is 30.5 Å². The minimum Gasteiger partial charge on any atom is -0.493 e. The normalized spacial score (nSPS) is 13.4. The highest BCUT2D eigenvalue weighted by Crippen LogP contribution is 2.33. The molecule has 1 aromatic carbocycles. The summed E-state index contributed by atoms with van der Waals surface area (Å²) in [4.78, 5) is 17.5. The zero-order valence-electron chi connectivity index (χ0n) is 18.0. The van der Waals surface area contributed by atoms with E-state index in [1.165, 1.54) is 6.20 Å². The molecule has 9 nitrogen and oxygen atoms in total. The second-order valence-corrected chi connectivity index (χ2v) is 8.43. The molecule has 2 aromatic heterocycles. The Kier molecular flexibility index (Phi) is 5.69. The van der Waals surface area contributed by atoms with Gasteiger partial charge in [-0.25, -0.2) is 4.98 Å². The van der Waals surface area contributed by atoms with Crippen molar-refractivity contribution in [1.82, 2.24) is 19.9 Å². The molecule has 0 fully saturated rings. The summed E-state index contributed by atoms with van der Waals surface area (Å²) in [7, 11) is 1.79. The second-order valence-electron chi connectivity index (χ2n) is 8.43. The molecule has 0 atom stereocenters. The van der Waals surface area contributed by atoms with E-state index >= 15 is 0 Å². The van der Waals surface area contributed by atoms with Crippen LogP contribution in [-0.2, 0) is 6.42 Å². The predicted molar refractivity (Wildman–Crippen MR) is 119 cm³/mol. The Bertz CT molecular complexity index is 1110. The van der Waals surface area contributed by atoms with Gasteiger partial charge >= 0.3 is 0 Å². The lowest BCUT2D eigenvalue weighted by molar-refractivity contribution is 0.0912. The van der Waals surface area contributed by atoms with Crippen LogP contribution in [0.5, 0.6) is 5.75 Å². The van der Waals surface area contributed by atoms with Crippen molar-refractivity contribution in [2.75, 3.05) is 37.4 Å². The van der Waals surface area contributed by atoms with E-state index < -0.39 is 5.41 Å². The number of nitrogens with zero attached hydrogens (tertiary/aromatic N) is 3. The maximum atomic E-state index is 12.8. The van der Waals surface area contributed by atoms with E-state index in [1.54, 1.807) is 11.6 Å². The fourth-order valence-electron chi connectivity index (χ4n) is 3.48. The van der Waals surface area contributed by atoms with Crippen molar-refractivity contribution >= 4 is 28.9 Å². The van der Waals surface area contributed by atoms with Crippen LogP contribution >= 0.6 is 0 Å². The molecule has 0 aliphatic carbocycles. The third kappa shape index (κ3) is 4.27. The summed E-state index contributed by atoms with van der Waals surface area (Å²) in [5.74, 6) is 1.90. The number of hydrogen-bond donors (Lipinski definition) is 4. The molecule has 3 heterocycles. The lowest BCUT2D eigenvalue weighted by atomic mass is 9.95. The first-order chi connectivity index (χ1) is 14.9. The SMILES string of the molecule is CNc1cc(Nc2cccc3c2CCCO3)nc2c(C(=O)NCC(C)(C)CO)cnn12. The van der Waals surface area contributed by atoms with E-state index in [-0.39, 0.29) is 12.5 Å². The van der Waals surface area contributed by atoms with Crippen molar-refractivity contribution in [2.45, 2.75) is 26.7 Å². The first-order valence-corrected chi connectivity index (χ1v) is 10.4. The van der Waals surface area contributed by atoms with Crippen LogP contribution in [0.2, 0.25) is 0 Å². The molecule has 1 aliphatic rings. The summed E-state index contributed by atoms with van der Waals surface area (Å²) in [5, 5.41) is 23.1. The molecule has 1 aliphatic heterocycles. The number of hydrogen-bond acceptors (Lipinski definition) is 7. The van der Waals surface area contributed by atoms with E-state index in [1.807, 2.05) is 38.1 Å². The summed E-state index contributed by atoms with van der Waals surface area (Å²) in [6.45, 7) is 4.81. The molecule has 4 N–H and O–H groups in total. The summed E-state index contributed by atoms with van der Waals surface area (Å²) in [6.07, 6.45) is 3.41. The number of amides is 1. The van der Waals surface area contributed by atoms with Crippen LogP contribution < -0.4 is 20.7 Å². The lowest BCUT2D eigenvalue weighted by Crippen LogP contribution is -2.36. The smallest absolute Gasteiger partial charge is 0.256 e. The van der Waals surface area contributed by atoms with Gasteiger partial charge in [0.15, 0.2) is 5.65 Å². The van der Waals surface area contributed by atoms with Gasteiger partial charge in [-0.1, -0.05) is 19.9 Å². The Labute approximate surface area is 180 Å². The number of ether oxygens (including phenoxy) is 1. The highest BCUT2D eigenvalue weighted by Gasteiger charge is 2.22. The van der Waals surface area contributed by atoms with E-state index in [0.29, 0.717) is 29.4 Å². The minimum atomic E-state index is -0.413. The number of carbonyl (C=O) groups is 1. The fraction of sp³-hybridized carbons (Fsp3) is 0.409. The first kappa shape index (κ1) is 20.9. The van der Waals surface area contributed by atoms with Crippen LogP contribution in [0.1, 0.15) is 36.2 Å². The van der Waals surface area contributed by atoms with Gasteiger partial charge in [-0.15, -0.1) is 0 Å². The molecular weight excluding hydrogens is 396 g/mol. The second kappa shape index (κ2) is 8.43. The van der Waals surface area contributed by atoms with Gasteiger partial charge in [-0.3, -0.25) is 4.79 Å². The van der Waals surface area contributed by atoms with Gasteiger partial charge in [-0.2, -0.15) is 9.61 Å². The molecule has 31 heavy (non-hydrogen) atoms. The van der Waals surface area contributed by atoms with Crippen LogP contribution in [0, 0.1) is 5.41 Å². The number of aromatic nitrogens is 3. The molecular formula is C22H28N6O3. The molecule has 3 aromatic rings. The van der Waals surface area contributed by atoms with Gasteiger partial charge in [-0.05, 0) is 25.0 Å². The van der Waals surface area contributed by atoms with Gasteiger partial charge in [0.2, 0.25) is 0 Å². The van der Waals surface area contributed by atoms with Crippen molar-refractivity contribution in [3.63, 3.8) is 0 Å². The lowest BCUT2D eigenvalue weighted by Gasteiger charge is -2.21. The third-order valence-corrected chi connectivity index (χ3v) is 5.35. The fourth-order valence-corrected chi connectivity index (χ4v) is 3.48. The number of benzene rings is 1. The van der Waals surface area contributed by atoms with E-state index in [4.69, 9.17) is 4.74 Å². The molecule has 0 spiro atoms. The van der Waals surface area contributed by atoms with Crippen LogP contribution in [0.3, 0.4) is 0 Å². The van der Waals surface area contributed by atoms with Crippen molar-refractivity contribution in [1.29, 1.82) is 0 Å². The molecule has 4 rings (SSSR count). The maximum Gasteiger partial charge on any atom is 0.256 e. The van der Waals surface area contributed by atoms with Crippen molar-refractivity contribution in [3.05, 3.63) is 41.6 Å². The number of anilines is 3. The topological polar surface area (TPSA) is 113 Å². The Balaban J connectivity index is 1.67. The highest BCUT2D eigenvalue weighted by molar-refractivity contribution is 6.00. The van der Waals surface area contributed by atoms with Crippen LogP contribution in [0.4, 0.5) is 17.3 Å². The monoisotopic (exact) mass is 424 g/mol. The summed E-state index contributed by atoms with van der Waals surface area (Å²) in [5.41, 5.74) is 2.45. The standard InChI is InChI=1S/C22H28N6O3/c1-22(2,13-29)12-24-21(30)15-11-25-28-19(23-3)10-18(27-20(15)28)26-16-7-4-8-17-14(16)6-5-9-31-17/h4,7-8,10-11,23,29H,5-6,9,12-13H2,1-3H3,(H,24,30)(H,26,27). The molecule has 0 bridgehead atoms. The summed E-state index contributed by atoms with van der Waals surface area (Å²) in [6, 6.07) is 7.77. The van der Waals surface area contributed by atoms with Crippen LogP contribution in [0.25, 0.3) is 5.65 Å². The van der Waals surface area contributed by atoms with Crippen LogP contribution in [-0.4, -0.2) is 52.4 Å². The van der Waals surface area contributed by atoms with E-state index in [2.05, 4.69) is 26.0 Å². The van der Waals surface area contributed by atoms with Crippen molar-refractivity contribution < 1.29 is 14.6 Å². The largest absolute Gasteiger partial charge is 0.493 e. The summed E-state index contributed by atoms with van der Waals surface area (Å²) >= 11 is 0. The number of carbonyl (C=O) groups excluding carboxylic acids is 1. The zero-order chi connectivity index (χ0) is 22.0. The minimum absolute atomic E-state index is 0.0244. The Morgan fingerprint density at radius 1 is 1.35 bits per heavy atom. The highest BCUT2D eigenvalue weighted by atomic mass is 16.5. The molecule has 9 heteroatoms. The number of aliphatic hydroxyl groups is 1. The Morgan fingerprint density at radius 3 is 2.97 bits per heavy atom. The Morgan fingerprint density at radius 2 is 2.19 bits per heavy atom. The van der Waals surface area contributed by atoms with Crippen molar-refractivity contribution in [3.8, 4) is 5.75 Å². The molecule has 164 valence electrons. The van der Waals surface area contributed by atoms with Gasteiger partial charge < -0.3 is 25.8 Å². The van der Waals surface area contributed by atoms with Gasteiger partial charge in [0.05, 0.1) is 12.8 Å². The van der Waals surface area contributed by atoms with E-state index in [9.17, 15) is 9.90 Å². The molecule has 1 amide bonds.